The molecule has 7 heteroatoms. The number of aryl methyl sites for hydroxylation is 2. The summed E-state index contributed by atoms with van der Waals surface area (Å²) in [5, 5.41) is 15.9. The monoisotopic (exact) mass is 323 g/mol. The van der Waals surface area contributed by atoms with Gasteiger partial charge in [0.15, 0.2) is 5.15 Å². The third-order valence-corrected chi connectivity index (χ3v) is 3.52. The molecule has 3 N–H and O–H groups in total. The van der Waals surface area contributed by atoms with Gasteiger partial charge in [0.1, 0.15) is 17.1 Å². The number of urea groups is 1. The summed E-state index contributed by atoms with van der Waals surface area (Å²) in [7, 11) is 0. The molecule has 2 heterocycles. The van der Waals surface area contributed by atoms with E-state index in [1.807, 2.05) is 0 Å². The van der Waals surface area contributed by atoms with Crippen LogP contribution in [0.5, 0.6) is 0 Å². The maximum atomic E-state index is 11.9. The van der Waals surface area contributed by atoms with E-state index in [-0.39, 0.29) is 11.7 Å². The standard InChI is InChI=1S/C15H18ClN3O3/c1-9-7-11(10(2)22-9)15(3,21)8-18-14(20)19-12-5-4-6-17-13(12)16/h4-7,21H,8H2,1-3H3,(H2,18,19,20). The molecule has 118 valence electrons. The van der Waals surface area contributed by atoms with Crippen molar-refractivity contribution in [1.29, 1.82) is 0 Å². The van der Waals surface area contributed by atoms with Crippen LogP contribution in [0.4, 0.5) is 10.5 Å². The summed E-state index contributed by atoms with van der Waals surface area (Å²) in [6, 6.07) is 4.58. The lowest BCUT2D eigenvalue weighted by molar-refractivity contribution is 0.0584. The molecule has 2 aromatic heterocycles. The first kappa shape index (κ1) is 16.3. The Labute approximate surface area is 133 Å². The molecule has 2 amide bonds. The molecule has 0 aliphatic rings. The van der Waals surface area contributed by atoms with Crippen LogP contribution in [0.15, 0.2) is 28.8 Å². The number of halogens is 1. The first-order chi connectivity index (χ1) is 10.3. The van der Waals surface area contributed by atoms with Crippen molar-refractivity contribution in [2.45, 2.75) is 26.4 Å². The molecular weight excluding hydrogens is 306 g/mol. The largest absolute Gasteiger partial charge is 0.466 e. The second kappa shape index (κ2) is 6.37. The molecule has 6 nitrogen and oxygen atoms in total. The van der Waals surface area contributed by atoms with Crippen LogP contribution < -0.4 is 10.6 Å². The number of rotatable bonds is 4. The molecule has 0 radical (unpaired) electrons. The molecule has 1 atom stereocenters. The number of hydrogen-bond acceptors (Lipinski definition) is 4. The third kappa shape index (κ3) is 3.78. The van der Waals surface area contributed by atoms with Gasteiger partial charge in [0.05, 0.1) is 12.2 Å². The van der Waals surface area contributed by atoms with E-state index in [2.05, 4.69) is 15.6 Å². The van der Waals surface area contributed by atoms with Crippen LogP contribution in [-0.4, -0.2) is 22.7 Å². The highest BCUT2D eigenvalue weighted by atomic mass is 35.5. The number of nitrogens with zero attached hydrogens (tertiary/aromatic N) is 1. The topological polar surface area (TPSA) is 87.4 Å². The van der Waals surface area contributed by atoms with Gasteiger partial charge < -0.3 is 20.2 Å². The van der Waals surface area contributed by atoms with Crippen molar-refractivity contribution in [1.82, 2.24) is 10.3 Å². The molecule has 0 saturated carbocycles. The molecule has 1 unspecified atom stereocenters. The van der Waals surface area contributed by atoms with Crippen molar-refractivity contribution in [3.63, 3.8) is 0 Å². The zero-order valence-corrected chi connectivity index (χ0v) is 13.4. The predicted molar refractivity (Wildman–Crippen MR) is 84.0 cm³/mol. The van der Waals surface area contributed by atoms with Crippen LogP contribution in [0.25, 0.3) is 0 Å². The number of furan rings is 1. The fraction of sp³-hybridized carbons (Fsp3) is 0.333. The van der Waals surface area contributed by atoms with Crippen LogP contribution in [0, 0.1) is 13.8 Å². The highest BCUT2D eigenvalue weighted by Crippen LogP contribution is 2.26. The minimum absolute atomic E-state index is 0.0243. The minimum Gasteiger partial charge on any atom is -0.466 e. The van der Waals surface area contributed by atoms with E-state index >= 15 is 0 Å². The predicted octanol–water partition coefficient (Wildman–Crippen LogP) is 2.97. The van der Waals surface area contributed by atoms with E-state index in [0.717, 1.165) is 0 Å². The Kier molecular flexibility index (Phi) is 4.73. The Bertz CT molecular complexity index is 682. The SMILES string of the molecule is Cc1cc(C(C)(O)CNC(=O)Nc2cccnc2Cl)c(C)o1. The molecule has 0 fully saturated rings. The van der Waals surface area contributed by atoms with Crippen LogP contribution >= 0.6 is 11.6 Å². The van der Waals surface area contributed by atoms with E-state index in [4.69, 9.17) is 16.0 Å². The zero-order valence-electron chi connectivity index (χ0n) is 12.6. The summed E-state index contributed by atoms with van der Waals surface area (Å²) >= 11 is 5.86. The van der Waals surface area contributed by atoms with Crippen molar-refractivity contribution in [3.05, 3.63) is 46.6 Å². The number of aromatic nitrogens is 1. The second-order valence-corrected chi connectivity index (χ2v) is 5.61. The number of anilines is 1. The van der Waals surface area contributed by atoms with Gasteiger partial charge in [-0.2, -0.15) is 0 Å². The summed E-state index contributed by atoms with van der Waals surface area (Å²) in [4.78, 5) is 15.8. The Balaban J connectivity index is 1.98. The van der Waals surface area contributed by atoms with Crippen molar-refractivity contribution in [3.8, 4) is 0 Å². The number of aliphatic hydroxyl groups is 1. The molecule has 22 heavy (non-hydrogen) atoms. The lowest BCUT2D eigenvalue weighted by Crippen LogP contribution is -2.40. The first-order valence-corrected chi connectivity index (χ1v) is 7.12. The molecular formula is C15H18ClN3O3. The van der Waals surface area contributed by atoms with E-state index in [0.29, 0.717) is 22.8 Å². The van der Waals surface area contributed by atoms with Gasteiger partial charge in [-0.05, 0) is 39.0 Å². The Morgan fingerprint density at radius 3 is 2.82 bits per heavy atom. The number of pyridine rings is 1. The minimum atomic E-state index is -1.24. The molecule has 0 saturated heterocycles. The van der Waals surface area contributed by atoms with Gasteiger partial charge in [-0.15, -0.1) is 0 Å². The lowest BCUT2D eigenvalue weighted by atomic mass is 9.96. The second-order valence-electron chi connectivity index (χ2n) is 5.25. The lowest BCUT2D eigenvalue weighted by Gasteiger charge is -2.23. The molecule has 0 bridgehead atoms. The van der Waals surface area contributed by atoms with Gasteiger partial charge in [0, 0.05) is 11.8 Å². The quantitative estimate of drug-likeness (QED) is 0.755. The molecule has 0 aliphatic heterocycles. The number of carbonyl (C=O) groups excluding carboxylic acids is 1. The summed E-state index contributed by atoms with van der Waals surface area (Å²) < 4.78 is 5.40. The van der Waals surface area contributed by atoms with E-state index in [9.17, 15) is 9.90 Å². The van der Waals surface area contributed by atoms with Gasteiger partial charge in [0.2, 0.25) is 0 Å². The van der Waals surface area contributed by atoms with Gasteiger partial charge in [-0.25, -0.2) is 9.78 Å². The normalized spacial score (nSPS) is 13.5. The van der Waals surface area contributed by atoms with Crippen molar-refractivity contribution in [2.24, 2.45) is 0 Å². The van der Waals surface area contributed by atoms with Crippen molar-refractivity contribution >= 4 is 23.3 Å². The molecule has 2 aromatic rings. The van der Waals surface area contributed by atoms with Crippen LogP contribution in [0.1, 0.15) is 24.0 Å². The summed E-state index contributed by atoms with van der Waals surface area (Å²) in [6.07, 6.45) is 1.53. The Morgan fingerprint density at radius 2 is 2.23 bits per heavy atom. The average Bonchev–Trinajstić information content (AvgIpc) is 2.79. The number of carbonyl (C=O) groups is 1. The average molecular weight is 324 g/mol. The van der Waals surface area contributed by atoms with Gasteiger partial charge >= 0.3 is 6.03 Å². The fourth-order valence-electron chi connectivity index (χ4n) is 2.16. The molecule has 0 aliphatic carbocycles. The van der Waals surface area contributed by atoms with E-state index in [1.165, 1.54) is 6.20 Å². The Hall–Kier alpha value is -2.05. The number of hydrogen-bond donors (Lipinski definition) is 3. The zero-order chi connectivity index (χ0) is 16.3. The smallest absolute Gasteiger partial charge is 0.319 e. The summed E-state index contributed by atoms with van der Waals surface area (Å²) in [5.41, 5.74) is -0.195. The van der Waals surface area contributed by atoms with Gasteiger partial charge in [0.25, 0.3) is 0 Å². The summed E-state index contributed by atoms with van der Waals surface area (Å²) in [6.45, 7) is 5.21. The Morgan fingerprint density at radius 1 is 1.50 bits per heavy atom. The van der Waals surface area contributed by atoms with Crippen molar-refractivity contribution in [2.75, 3.05) is 11.9 Å². The van der Waals surface area contributed by atoms with Crippen molar-refractivity contribution < 1.29 is 14.3 Å². The highest BCUT2D eigenvalue weighted by Gasteiger charge is 2.28. The summed E-state index contributed by atoms with van der Waals surface area (Å²) in [5.74, 6) is 1.33. The maximum Gasteiger partial charge on any atom is 0.319 e. The molecule has 2 rings (SSSR count). The highest BCUT2D eigenvalue weighted by molar-refractivity contribution is 6.32. The maximum absolute atomic E-state index is 11.9. The van der Waals surface area contributed by atoms with Gasteiger partial charge in [-0.3, -0.25) is 0 Å². The van der Waals surface area contributed by atoms with E-state index in [1.54, 1.807) is 39.0 Å². The number of nitrogens with one attached hydrogen (secondary N) is 2. The van der Waals surface area contributed by atoms with E-state index < -0.39 is 11.6 Å². The molecule has 0 spiro atoms. The first-order valence-electron chi connectivity index (χ1n) is 6.75. The molecule has 0 aromatic carbocycles. The van der Waals surface area contributed by atoms with Crippen LogP contribution in [-0.2, 0) is 5.60 Å². The fourth-order valence-corrected chi connectivity index (χ4v) is 2.33. The number of amides is 2. The third-order valence-electron chi connectivity index (χ3n) is 3.22. The van der Waals surface area contributed by atoms with Crippen LogP contribution in [0.2, 0.25) is 5.15 Å². The van der Waals surface area contributed by atoms with Gasteiger partial charge in [-0.1, -0.05) is 11.6 Å². The van der Waals surface area contributed by atoms with Crippen LogP contribution in [0.3, 0.4) is 0 Å².